The molecule has 6 nitrogen and oxygen atoms in total. The zero-order chi connectivity index (χ0) is 21.9. The Morgan fingerprint density at radius 1 is 1.06 bits per heavy atom. The van der Waals surface area contributed by atoms with Gasteiger partial charge in [0.05, 0.1) is 24.1 Å². The third-order valence-electron chi connectivity index (χ3n) is 6.17. The first kappa shape index (κ1) is 20.2. The lowest BCUT2D eigenvalue weighted by molar-refractivity contribution is -0.116. The molecule has 0 saturated heterocycles. The fourth-order valence-electron chi connectivity index (χ4n) is 4.49. The number of nitrogens with zero attached hydrogens (tertiary/aromatic N) is 4. The number of rotatable bonds is 6. The monoisotopic (exact) mass is 425 g/mol. The van der Waals surface area contributed by atoms with Gasteiger partial charge >= 0.3 is 0 Å². The summed E-state index contributed by atoms with van der Waals surface area (Å²) in [4.78, 5) is 12.8. The second-order valence-corrected chi connectivity index (χ2v) is 8.40. The van der Waals surface area contributed by atoms with Crippen LogP contribution < -0.4 is 5.32 Å². The van der Waals surface area contributed by atoms with E-state index in [0.717, 1.165) is 41.9 Å². The maximum atomic E-state index is 12.8. The molecule has 2 heterocycles. The quantitative estimate of drug-likeness (QED) is 0.479. The maximum Gasteiger partial charge on any atom is 0.225 e. The Hall–Kier alpha value is -3.67. The first-order chi connectivity index (χ1) is 15.7. The number of para-hydroxylation sites is 1. The van der Waals surface area contributed by atoms with Gasteiger partial charge < -0.3 is 5.32 Å². The molecule has 2 aromatic carbocycles. The van der Waals surface area contributed by atoms with Crippen molar-refractivity contribution in [3.63, 3.8) is 0 Å². The molecule has 0 spiro atoms. The minimum Gasteiger partial charge on any atom is -0.311 e. The highest BCUT2D eigenvalue weighted by Crippen LogP contribution is 2.35. The number of anilines is 1. The van der Waals surface area contributed by atoms with Crippen LogP contribution in [0, 0.1) is 6.92 Å². The minimum atomic E-state index is -0.00796. The average Bonchev–Trinajstić information content (AvgIpc) is 3.45. The maximum absolute atomic E-state index is 12.8. The van der Waals surface area contributed by atoms with Crippen molar-refractivity contribution < 1.29 is 4.79 Å². The van der Waals surface area contributed by atoms with Crippen molar-refractivity contribution in [3.05, 3.63) is 95.4 Å². The lowest BCUT2D eigenvalue weighted by Gasteiger charge is -2.27. The highest BCUT2D eigenvalue weighted by molar-refractivity contribution is 5.90. The van der Waals surface area contributed by atoms with Gasteiger partial charge in [-0.1, -0.05) is 42.5 Å². The number of hydrogen-bond acceptors (Lipinski definition) is 3. The van der Waals surface area contributed by atoms with E-state index >= 15 is 0 Å². The molecule has 0 saturated carbocycles. The van der Waals surface area contributed by atoms with Gasteiger partial charge in [0.2, 0.25) is 5.91 Å². The SMILES string of the molecule is Cc1cnn(C2CCCc3ccccc32)c1NC(=O)CCc1cnn(-c2ccccc2)c1. The Kier molecular flexibility index (Phi) is 5.58. The molecule has 0 aliphatic heterocycles. The second-order valence-electron chi connectivity index (χ2n) is 8.40. The van der Waals surface area contributed by atoms with E-state index in [4.69, 9.17) is 0 Å². The summed E-state index contributed by atoms with van der Waals surface area (Å²) in [6.45, 7) is 2.00. The normalized spacial score (nSPS) is 15.3. The third-order valence-corrected chi connectivity index (χ3v) is 6.17. The molecule has 6 heteroatoms. The van der Waals surface area contributed by atoms with Gasteiger partial charge in [0, 0.05) is 18.2 Å². The van der Waals surface area contributed by atoms with Gasteiger partial charge in [0.25, 0.3) is 0 Å². The van der Waals surface area contributed by atoms with Crippen LogP contribution in [-0.4, -0.2) is 25.5 Å². The highest BCUT2D eigenvalue weighted by Gasteiger charge is 2.25. The number of hydrogen-bond donors (Lipinski definition) is 1. The van der Waals surface area contributed by atoms with E-state index in [2.05, 4.69) is 39.8 Å². The molecule has 0 bridgehead atoms. The van der Waals surface area contributed by atoms with Crippen molar-refractivity contribution in [2.24, 2.45) is 0 Å². The lowest BCUT2D eigenvalue weighted by Crippen LogP contribution is -2.22. The van der Waals surface area contributed by atoms with Gasteiger partial charge in [-0.2, -0.15) is 10.2 Å². The van der Waals surface area contributed by atoms with Crippen LogP contribution in [0.25, 0.3) is 5.69 Å². The summed E-state index contributed by atoms with van der Waals surface area (Å²) in [5.41, 5.74) is 5.72. The molecule has 1 aliphatic rings. The summed E-state index contributed by atoms with van der Waals surface area (Å²) in [7, 11) is 0. The van der Waals surface area contributed by atoms with Gasteiger partial charge in [0.15, 0.2) is 0 Å². The largest absolute Gasteiger partial charge is 0.311 e. The molecule has 1 unspecified atom stereocenters. The van der Waals surface area contributed by atoms with Gasteiger partial charge in [-0.25, -0.2) is 9.36 Å². The molecule has 4 aromatic rings. The Morgan fingerprint density at radius 2 is 1.88 bits per heavy atom. The van der Waals surface area contributed by atoms with Crippen LogP contribution >= 0.6 is 0 Å². The first-order valence-electron chi connectivity index (χ1n) is 11.2. The van der Waals surface area contributed by atoms with Crippen LogP contribution in [0.4, 0.5) is 5.82 Å². The van der Waals surface area contributed by atoms with Crippen LogP contribution in [-0.2, 0) is 17.6 Å². The molecule has 1 N–H and O–H groups in total. The minimum absolute atomic E-state index is 0.00796. The second kappa shape index (κ2) is 8.83. The predicted octanol–water partition coefficient (Wildman–Crippen LogP) is 4.87. The number of aryl methyl sites for hydroxylation is 3. The van der Waals surface area contributed by atoms with Gasteiger partial charge in [0.1, 0.15) is 5.82 Å². The summed E-state index contributed by atoms with van der Waals surface area (Å²) in [5.74, 6) is 0.795. The van der Waals surface area contributed by atoms with Crippen LogP contribution in [0.15, 0.2) is 73.2 Å². The van der Waals surface area contributed by atoms with Crippen LogP contribution in [0.5, 0.6) is 0 Å². The van der Waals surface area contributed by atoms with E-state index < -0.39 is 0 Å². The van der Waals surface area contributed by atoms with Crippen molar-refractivity contribution in [1.29, 1.82) is 0 Å². The number of benzene rings is 2. The Morgan fingerprint density at radius 3 is 2.75 bits per heavy atom. The summed E-state index contributed by atoms with van der Waals surface area (Å²) in [6, 6.07) is 18.7. The lowest BCUT2D eigenvalue weighted by atomic mass is 9.88. The van der Waals surface area contributed by atoms with Crippen molar-refractivity contribution in [2.75, 3.05) is 5.32 Å². The van der Waals surface area contributed by atoms with Crippen molar-refractivity contribution in [1.82, 2.24) is 19.6 Å². The molecule has 1 amide bonds. The van der Waals surface area contributed by atoms with Crippen LogP contribution in [0.3, 0.4) is 0 Å². The number of nitrogens with one attached hydrogen (secondary N) is 1. The van der Waals surface area contributed by atoms with E-state index in [9.17, 15) is 4.79 Å². The van der Waals surface area contributed by atoms with Gasteiger partial charge in [-0.15, -0.1) is 0 Å². The van der Waals surface area contributed by atoms with Crippen molar-refractivity contribution >= 4 is 11.7 Å². The third kappa shape index (κ3) is 4.08. The predicted molar refractivity (Wildman–Crippen MR) is 125 cm³/mol. The molecular formula is C26H27N5O. The molecule has 32 heavy (non-hydrogen) atoms. The number of carbonyl (C=O) groups excluding carboxylic acids is 1. The van der Waals surface area contributed by atoms with Gasteiger partial charge in [-0.05, 0) is 61.4 Å². The molecule has 162 valence electrons. The standard InChI is InChI=1S/C26H27N5O/c1-19-16-28-31(24-13-7-9-21-8-5-6-12-23(21)24)26(19)29-25(32)15-14-20-17-27-30(18-20)22-10-3-2-4-11-22/h2-6,8,10-12,16-18,24H,7,9,13-15H2,1H3,(H,29,32). The molecule has 1 aliphatic carbocycles. The van der Waals surface area contributed by atoms with Gasteiger partial charge in [-0.3, -0.25) is 4.79 Å². The molecule has 1 atom stereocenters. The zero-order valence-corrected chi connectivity index (χ0v) is 18.2. The fraction of sp³-hybridized carbons (Fsp3) is 0.269. The summed E-state index contributed by atoms with van der Waals surface area (Å²) in [5, 5.41) is 12.2. The Bertz CT molecular complexity index is 1220. The summed E-state index contributed by atoms with van der Waals surface area (Å²) in [6.07, 6.45) is 9.94. The smallest absolute Gasteiger partial charge is 0.225 e. The molecule has 5 rings (SSSR count). The summed E-state index contributed by atoms with van der Waals surface area (Å²) >= 11 is 0. The van der Waals surface area contributed by atoms with E-state index in [1.807, 2.05) is 65.2 Å². The van der Waals surface area contributed by atoms with E-state index in [1.165, 1.54) is 11.1 Å². The first-order valence-corrected chi connectivity index (χ1v) is 11.2. The highest BCUT2D eigenvalue weighted by atomic mass is 16.1. The number of amides is 1. The molecule has 0 radical (unpaired) electrons. The van der Waals surface area contributed by atoms with Crippen LogP contribution in [0.1, 0.15) is 47.6 Å². The fourth-order valence-corrected chi connectivity index (χ4v) is 4.49. The van der Waals surface area contributed by atoms with Crippen LogP contribution in [0.2, 0.25) is 0 Å². The average molecular weight is 426 g/mol. The van der Waals surface area contributed by atoms with E-state index in [1.54, 1.807) is 0 Å². The number of aromatic nitrogens is 4. The zero-order valence-electron chi connectivity index (χ0n) is 18.2. The molecular weight excluding hydrogens is 398 g/mol. The van der Waals surface area contributed by atoms with E-state index in [-0.39, 0.29) is 11.9 Å². The van der Waals surface area contributed by atoms with Crippen molar-refractivity contribution in [3.8, 4) is 5.69 Å². The Balaban J connectivity index is 1.27. The summed E-state index contributed by atoms with van der Waals surface area (Å²) < 4.78 is 3.84. The Labute approximate surface area is 187 Å². The van der Waals surface area contributed by atoms with E-state index in [0.29, 0.717) is 12.8 Å². The number of carbonyl (C=O) groups is 1. The molecule has 0 fully saturated rings. The van der Waals surface area contributed by atoms with Crippen molar-refractivity contribution in [2.45, 2.75) is 45.1 Å². The topological polar surface area (TPSA) is 64.7 Å². The number of fused-ring (bicyclic) bond motifs is 1. The molecule has 2 aromatic heterocycles.